The third-order valence-electron chi connectivity index (χ3n) is 7.58. The van der Waals surface area contributed by atoms with E-state index in [2.05, 4.69) is 29.9 Å². The smallest absolute Gasteiger partial charge is 0.317 e. The molecule has 5 atom stereocenters. The van der Waals surface area contributed by atoms with E-state index < -0.39 is 0 Å². The second kappa shape index (κ2) is 11.0. The minimum atomic E-state index is -0.221. The first-order valence-corrected chi connectivity index (χ1v) is 13.6. The second-order valence-corrected chi connectivity index (χ2v) is 11.4. The van der Waals surface area contributed by atoms with E-state index in [0.717, 1.165) is 42.5 Å². The maximum Gasteiger partial charge on any atom is 0.317 e. The summed E-state index contributed by atoms with van der Waals surface area (Å²) in [5.74, 6) is 1.00. The van der Waals surface area contributed by atoms with Gasteiger partial charge in [-0.15, -0.1) is 11.3 Å². The van der Waals surface area contributed by atoms with Crippen LogP contribution in [-0.4, -0.2) is 28.4 Å². The molecule has 4 rings (SSSR count). The summed E-state index contributed by atoms with van der Waals surface area (Å²) in [6, 6.07) is 4.32. The van der Waals surface area contributed by atoms with Crippen molar-refractivity contribution in [2.75, 3.05) is 12.3 Å². The first-order chi connectivity index (χ1) is 17.3. The van der Waals surface area contributed by atoms with E-state index in [4.69, 9.17) is 21.9 Å². The minimum absolute atomic E-state index is 0.188. The number of anilines is 1. The van der Waals surface area contributed by atoms with Gasteiger partial charge in [-0.1, -0.05) is 27.2 Å². The van der Waals surface area contributed by atoms with Crippen LogP contribution >= 0.6 is 11.3 Å². The van der Waals surface area contributed by atoms with Gasteiger partial charge in [0.05, 0.1) is 12.2 Å². The van der Waals surface area contributed by atoms with Gasteiger partial charge in [0.1, 0.15) is 16.8 Å². The third kappa shape index (κ3) is 5.25. The van der Waals surface area contributed by atoms with Gasteiger partial charge in [-0.05, 0) is 61.5 Å². The zero-order valence-corrected chi connectivity index (χ0v) is 22.1. The molecule has 2 unspecified atom stereocenters. The number of carbonyl (C=O) groups excluding carboxylic acids is 1. The van der Waals surface area contributed by atoms with Crippen molar-refractivity contribution < 1.29 is 9.53 Å². The Bertz CT molecular complexity index is 1190. The lowest BCUT2D eigenvalue weighted by atomic mass is 9.80. The number of nitrogens with two attached hydrogens (primary N) is 3. The third-order valence-corrected chi connectivity index (χ3v) is 8.67. The van der Waals surface area contributed by atoms with Gasteiger partial charge in [0.2, 0.25) is 5.78 Å². The lowest BCUT2D eigenvalue weighted by Crippen LogP contribution is -2.22. The van der Waals surface area contributed by atoms with E-state index >= 15 is 0 Å². The van der Waals surface area contributed by atoms with E-state index in [1.807, 2.05) is 6.92 Å². The summed E-state index contributed by atoms with van der Waals surface area (Å²) in [5.41, 5.74) is 21.6. The number of fused-ring (bicyclic) bond motifs is 1. The van der Waals surface area contributed by atoms with Crippen molar-refractivity contribution in [2.45, 2.75) is 71.3 Å². The normalized spacial score (nSPS) is 24.3. The van der Waals surface area contributed by atoms with E-state index in [-0.39, 0.29) is 29.4 Å². The molecule has 0 amide bonds. The molecule has 6 N–H and O–H groups in total. The molecular weight excluding hydrogens is 472 g/mol. The minimum Gasteiger partial charge on any atom is -0.463 e. The van der Waals surface area contributed by atoms with Crippen LogP contribution in [0.3, 0.4) is 0 Å². The molecule has 0 spiro atoms. The molecule has 0 bridgehead atoms. The zero-order chi connectivity index (χ0) is 26.0. The summed E-state index contributed by atoms with van der Waals surface area (Å²) in [6.07, 6.45) is 6.42. The Kier molecular flexibility index (Phi) is 7.96. The summed E-state index contributed by atoms with van der Waals surface area (Å²) in [5, 5.41) is 10.2. The Hall–Kier alpha value is -2.96. The molecule has 1 saturated carbocycles. The van der Waals surface area contributed by atoms with Crippen molar-refractivity contribution in [3.63, 3.8) is 0 Å². The standard InChI is InChI=1S/C27H36N6O2S/c1-4-6-17(24(30)16-7-5-8-21-22(16)19(12-28)26(31)36-21)25(34)20-9-10-32-27(33-20)35-13-14(2)11-18-15(3)23(18)29/h9-10,14-16,18,23H,4-8,11,13,29-31H2,1-3H3/t14-,15-,16-,18?,23?/m0/s1. The average molecular weight is 509 g/mol. The molecule has 1 fully saturated rings. The van der Waals surface area contributed by atoms with Gasteiger partial charge in [0, 0.05) is 34.3 Å². The molecular formula is C27H36N6O2S. The summed E-state index contributed by atoms with van der Waals surface area (Å²) in [6.45, 7) is 6.78. The molecule has 192 valence electrons. The van der Waals surface area contributed by atoms with Crippen molar-refractivity contribution in [3.05, 3.63) is 45.2 Å². The maximum absolute atomic E-state index is 13.6. The molecule has 2 aliphatic carbocycles. The van der Waals surface area contributed by atoms with Crippen LogP contribution in [0.2, 0.25) is 0 Å². The van der Waals surface area contributed by atoms with Crippen molar-refractivity contribution >= 4 is 22.1 Å². The van der Waals surface area contributed by atoms with Gasteiger partial charge in [-0.25, -0.2) is 4.98 Å². The van der Waals surface area contributed by atoms with Crippen LogP contribution in [0, 0.1) is 29.1 Å². The molecule has 2 aromatic rings. The summed E-state index contributed by atoms with van der Waals surface area (Å²) >= 11 is 1.46. The number of nitriles is 1. The van der Waals surface area contributed by atoms with Crippen LogP contribution in [0.5, 0.6) is 6.01 Å². The summed E-state index contributed by atoms with van der Waals surface area (Å²) in [4.78, 5) is 23.3. The number of hydrogen-bond acceptors (Lipinski definition) is 9. The highest BCUT2D eigenvalue weighted by atomic mass is 32.1. The number of allylic oxidation sites excluding steroid dienone is 2. The van der Waals surface area contributed by atoms with Crippen molar-refractivity contribution in [1.29, 1.82) is 5.26 Å². The predicted molar refractivity (Wildman–Crippen MR) is 142 cm³/mol. The van der Waals surface area contributed by atoms with Crippen LogP contribution in [0.25, 0.3) is 0 Å². The molecule has 2 aromatic heterocycles. The molecule has 0 aromatic carbocycles. The van der Waals surface area contributed by atoms with E-state index in [1.54, 1.807) is 12.3 Å². The molecule has 36 heavy (non-hydrogen) atoms. The Balaban J connectivity index is 1.55. The van der Waals surface area contributed by atoms with E-state index in [9.17, 15) is 10.1 Å². The number of rotatable bonds is 10. The average Bonchev–Trinajstić information content (AvgIpc) is 3.28. The molecule has 9 heteroatoms. The van der Waals surface area contributed by atoms with E-state index in [0.29, 0.717) is 52.6 Å². The fourth-order valence-corrected chi connectivity index (χ4v) is 6.47. The number of aromatic nitrogens is 2. The topological polar surface area (TPSA) is 154 Å². The van der Waals surface area contributed by atoms with Crippen LogP contribution in [-0.2, 0) is 6.42 Å². The fourth-order valence-electron chi connectivity index (χ4n) is 5.34. The van der Waals surface area contributed by atoms with Crippen LogP contribution in [0.15, 0.2) is 23.5 Å². The Morgan fingerprint density at radius 2 is 2.17 bits per heavy atom. The zero-order valence-electron chi connectivity index (χ0n) is 21.3. The number of Topliss-reactive ketones (excluding diaryl/α,β-unsaturated/α-hetero) is 1. The number of ketones is 1. The number of nitrogens with zero attached hydrogens (tertiary/aromatic N) is 3. The van der Waals surface area contributed by atoms with E-state index in [1.165, 1.54) is 11.3 Å². The molecule has 2 aliphatic rings. The monoisotopic (exact) mass is 508 g/mol. The van der Waals surface area contributed by atoms with Gasteiger partial charge in [-0.3, -0.25) is 4.79 Å². The number of aryl methyl sites for hydroxylation is 1. The number of thiophene rings is 1. The summed E-state index contributed by atoms with van der Waals surface area (Å²) < 4.78 is 5.84. The van der Waals surface area contributed by atoms with Gasteiger partial charge in [-0.2, -0.15) is 10.2 Å². The first kappa shape index (κ1) is 26.1. The van der Waals surface area contributed by atoms with Crippen LogP contribution < -0.4 is 21.9 Å². The van der Waals surface area contributed by atoms with Crippen molar-refractivity contribution in [1.82, 2.24) is 9.97 Å². The molecule has 0 saturated heterocycles. The molecule has 8 nitrogen and oxygen atoms in total. The summed E-state index contributed by atoms with van der Waals surface area (Å²) in [7, 11) is 0. The van der Waals surface area contributed by atoms with Gasteiger partial charge >= 0.3 is 6.01 Å². The van der Waals surface area contributed by atoms with Crippen LogP contribution in [0.4, 0.5) is 5.00 Å². The number of ether oxygens (including phenoxy) is 1. The largest absolute Gasteiger partial charge is 0.463 e. The molecule has 0 aliphatic heterocycles. The lowest BCUT2D eigenvalue weighted by Gasteiger charge is -2.25. The highest BCUT2D eigenvalue weighted by Crippen LogP contribution is 2.45. The number of hydrogen-bond donors (Lipinski definition) is 3. The van der Waals surface area contributed by atoms with Gasteiger partial charge in [0.15, 0.2) is 0 Å². The Morgan fingerprint density at radius 3 is 2.83 bits per heavy atom. The second-order valence-electron chi connectivity index (χ2n) is 10.2. The number of nitrogen functional groups attached to an aromatic ring is 1. The number of carbonyl (C=O) groups is 1. The van der Waals surface area contributed by atoms with Gasteiger partial charge < -0.3 is 21.9 Å². The predicted octanol–water partition coefficient (Wildman–Crippen LogP) is 4.31. The lowest BCUT2D eigenvalue weighted by molar-refractivity contribution is 0.102. The van der Waals surface area contributed by atoms with Crippen molar-refractivity contribution in [2.24, 2.45) is 29.2 Å². The maximum atomic E-state index is 13.6. The quantitative estimate of drug-likeness (QED) is 0.317. The highest BCUT2D eigenvalue weighted by Gasteiger charge is 2.43. The fraction of sp³-hybridized carbons (Fsp3) is 0.556. The highest BCUT2D eigenvalue weighted by molar-refractivity contribution is 7.16. The molecule has 0 radical (unpaired) electrons. The van der Waals surface area contributed by atoms with Gasteiger partial charge in [0.25, 0.3) is 0 Å². The van der Waals surface area contributed by atoms with Crippen molar-refractivity contribution in [3.8, 4) is 12.1 Å². The molecule has 2 heterocycles. The van der Waals surface area contributed by atoms with Crippen LogP contribution in [0.1, 0.15) is 85.3 Å². The SMILES string of the molecule is CCCC(C(=O)c1ccnc(OC[C@@H](C)CC2C(N)[C@H]2C)n1)=C(N)[C@H]1CCCc2sc(N)c(C#N)c21. The first-order valence-electron chi connectivity index (χ1n) is 12.8. The Morgan fingerprint density at radius 1 is 1.42 bits per heavy atom. The Labute approximate surface area is 216 Å².